The van der Waals surface area contributed by atoms with Crippen molar-refractivity contribution in [3.05, 3.63) is 83.7 Å². The molecular weight excluding hydrogens is 433 g/mol. The first-order valence-corrected chi connectivity index (χ1v) is 9.94. The fraction of sp³-hybridized carbons (Fsp3) is 0.130. The molecule has 2 aromatic heterocycles. The summed E-state index contributed by atoms with van der Waals surface area (Å²) >= 11 is 0. The number of hydrogen-bond donors (Lipinski definition) is 3. The zero-order valence-corrected chi connectivity index (χ0v) is 17.6. The van der Waals surface area contributed by atoms with E-state index >= 15 is 0 Å². The molecule has 4 rings (SSSR count). The Bertz CT molecular complexity index is 1300. The van der Waals surface area contributed by atoms with Gasteiger partial charge in [-0.15, -0.1) is 0 Å². The highest BCUT2D eigenvalue weighted by molar-refractivity contribution is 6.06. The Morgan fingerprint density at radius 2 is 1.76 bits per heavy atom. The molecule has 170 valence electrons. The average Bonchev–Trinajstić information content (AvgIpc) is 3.08. The van der Waals surface area contributed by atoms with Gasteiger partial charge >= 0.3 is 6.18 Å². The maximum absolute atomic E-state index is 13.0. The molecule has 0 radical (unpaired) electrons. The zero-order valence-electron chi connectivity index (χ0n) is 17.6. The predicted octanol–water partition coefficient (Wildman–Crippen LogP) is 3.87. The Morgan fingerprint density at radius 3 is 2.36 bits per heavy atom. The molecule has 10 heteroatoms. The summed E-state index contributed by atoms with van der Waals surface area (Å²) in [6.45, 7) is 0.331. The maximum atomic E-state index is 13.0. The number of hydrazine groups is 1. The standard InChI is InChI=1S/C23H21F3N6O/c1-31(28)20-18-12-15(22(33)30-13-14-8-10-29-11-9-14)2-7-19(18)32(21(20)27)17-5-3-16(4-6-17)23(24,25)26/h2-12H,13,27-28H2,1H3,(H,30,33). The number of fused-ring (bicyclic) bond motifs is 1. The molecule has 1 amide bonds. The van der Waals surface area contributed by atoms with Crippen LogP contribution in [0.15, 0.2) is 67.0 Å². The minimum atomic E-state index is -4.44. The molecule has 0 aliphatic heterocycles. The lowest BCUT2D eigenvalue weighted by Crippen LogP contribution is -2.26. The van der Waals surface area contributed by atoms with Gasteiger partial charge in [-0.05, 0) is 60.2 Å². The second-order valence-corrected chi connectivity index (χ2v) is 7.49. The second kappa shape index (κ2) is 8.47. The summed E-state index contributed by atoms with van der Waals surface area (Å²) in [6.07, 6.45) is -1.16. The van der Waals surface area contributed by atoms with Crippen molar-refractivity contribution in [3.63, 3.8) is 0 Å². The van der Waals surface area contributed by atoms with Crippen molar-refractivity contribution in [3.8, 4) is 5.69 Å². The summed E-state index contributed by atoms with van der Waals surface area (Å²) in [5, 5.41) is 4.75. The molecule has 7 nitrogen and oxygen atoms in total. The van der Waals surface area contributed by atoms with Crippen LogP contribution < -0.4 is 21.9 Å². The molecular formula is C23H21F3N6O. The topological polar surface area (TPSA) is 102 Å². The summed E-state index contributed by atoms with van der Waals surface area (Å²) in [5.41, 5.74) is 8.38. The Kier molecular flexibility index (Phi) is 5.69. The van der Waals surface area contributed by atoms with Crippen LogP contribution in [-0.2, 0) is 12.7 Å². The van der Waals surface area contributed by atoms with Crippen LogP contribution >= 0.6 is 0 Å². The van der Waals surface area contributed by atoms with Gasteiger partial charge in [-0.3, -0.25) is 14.3 Å². The molecule has 0 saturated carbocycles. The van der Waals surface area contributed by atoms with Crippen molar-refractivity contribution in [1.82, 2.24) is 14.9 Å². The van der Waals surface area contributed by atoms with Gasteiger partial charge in [0.05, 0.1) is 11.1 Å². The lowest BCUT2D eigenvalue weighted by Gasteiger charge is -2.13. The number of hydrogen-bond acceptors (Lipinski definition) is 5. The van der Waals surface area contributed by atoms with Crippen molar-refractivity contribution in [2.45, 2.75) is 12.7 Å². The number of carbonyl (C=O) groups excluding carboxylic acids is 1. The molecule has 2 aromatic carbocycles. The number of pyridine rings is 1. The summed E-state index contributed by atoms with van der Waals surface area (Å²) < 4.78 is 40.5. The number of aromatic nitrogens is 2. The van der Waals surface area contributed by atoms with E-state index in [1.165, 1.54) is 17.1 Å². The number of nitrogens with one attached hydrogen (secondary N) is 1. The Balaban J connectivity index is 1.73. The number of rotatable bonds is 5. The van der Waals surface area contributed by atoms with E-state index < -0.39 is 11.7 Å². The predicted molar refractivity (Wildman–Crippen MR) is 121 cm³/mol. The van der Waals surface area contributed by atoms with Crippen LogP contribution in [0, 0.1) is 0 Å². The first kappa shape index (κ1) is 22.2. The van der Waals surface area contributed by atoms with E-state index in [1.54, 1.807) is 54.3 Å². The average molecular weight is 454 g/mol. The molecule has 0 saturated heterocycles. The van der Waals surface area contributed by atoms with E-state index in [4.69, 9.17) is 11.6 Å². The van der Waals surface area contributed by atoms with Gasteiger partial charge in [0.2, 0.25) is 0 Å². The molecule has 0 aliphatic rings. The number of carbonyl (C=O) groups is 1. The third-order valence-electron chi connectivity index (χ3n) is 5.25. The SMILES string of the molecule is CN(N)c1c(N)n(-c2ccc(C(F)(F)F)cc2)c2ccc(C(=O)NCc3ccncc3)cc12. The first-order chi connectivity index (χ1) is 15.7. The molecule has 0 spiro atoms. The van der Waals surface area contributed by atoms with E-state index in [0.717, 1.165) is 17.7 Å². The lowest BCUT2D eigenvalue weighted by atomic mass is 10.1. The quantitative estimate of drug-likeness (QED) is 0.314. The monoisotopic (exact) mass is 454 g/mol. The van der Waals surface area contributed by atoms with Gasteiger partial charge in [-0.25, -0.2) is 5.84 Å². The fourth-order valence-electron chi connectivity index (χ4n) is 3.67. The number of anilines is 2. The van der Waals surface area contributed by atoms with Crippen LogP contribution in [0.4, 0.5) is 24.7 Å². The van der Waals surface area contributed by atoms with Crippen molar-refractivity contribution >= 4 is 28.3 Å². The van der Waals surface area contributed by atoms with Crippen LogP contribution in [0.2, 0.25) is 0 Å². The minimum Gasteiger partial charge on any atom is -0.383 e. The summed E-state index contributed by atoms with van der Waals surface area (Å²) in [6, 6.07) is 13.3. The van der Waals surface area contributed by atoms with Crippen molar-refractivity contribution in [2.24, 2.45) is 5.84 Å². The van der Waals surface area contributed by atoms with E-state index in [2.05, 4.69) is 10.3 Å². The minimum absolute atomic E-state index is 0.240. The number of benzene rings is 2. The van der Waals surface area contributed by atoms with Crippen LogP contribution in [0.3, 0.4) is 0 Å². The fourth-order valence-corrected chi connectivity index (χ4v) is 3.67. The van der Waals surface area contributed by atoms with Gasteiger partial charge in [-0.2, -0.15) is 13.2 Å². The van der Waals surface area contributed by atoms with E-state index in [0.29, 0.717) is 34.4 Å². The van der Waals surface area contributed by atoms with E-state index in [-0.39, 0.29) is 11.7 Å². The second-order valence-electron chi connectivity index (χ2n) is 7.49. The molecule has 5 N–H and O–H groups in total. The Morgan fingerprint density at radius 1 is 1.09 bits per heavy atom. The molecule has 0 unspecified atom stereocenters. The summed E-state index contributed by atoms with van der Waals surface area (Å²) in [7, 11) is 1.60. The van der Waals surface area contributed by atoms with Gasteiger partial charge in [0.25, 0.3) is 5.91 Å². The third kappa shape index (κ3) is 4.33. The summed E-state index contributed by atoms with van der Waals surface area (Å²) in [5.74, 6) is 5.95. The summed E-state index contributed by atoms with van der Waals surface area (Å²) in [4.78, 5) is 16.7. The van der Waals surface area contributed by atoms with Crippen molar-refractivity contribution in [2.75, 3.05) is 17.8 Å². The van der Waals surface area contributed by atoms with E-state index in [1.807, 2.05) is 0 Å². The molecule has 2 heterocycles. The van der Waals surface area contributed by atoms with Gasteiger partial charge < -0.3 is 16.1 Å². The number of nitrogens with two attached hydrogens (primary N) is 2. The Hall–Kier alpha value is -4.05. The van der Waals surface area contributed by atoms with Crippen LogP contribution in [-0.4, -0.2) is 22.5 Å². The number of alkyl halides is 3. The third-order valence-corrected chi connectivity index (χ3v) is 5.25. The smallest absolute Gasteiger partial charge is 0.383 e. The molecule has 33 heavy (non-hydrogen) atoms. The molecule has 4 aromatic rings. The van der Waals surface area contributed by atoms with Crippen molar-refractivity contribution < 1.29 is 18.0 Å². The van der Waals surface area contributed by atoms with Gasteiger partial charge in [0.1, 0.15) is 11.5 Å². The number of amides is 1. The van der Waals surface area contributed by atoms with Gasteiger partial charge in [0.15, 0.2) is 0 Å². The molecule has 0 aliphatic carbocycles. The highest BCUT2D eigenvalue weighted by atomic mass is 19.4. The van der Waals surface area contributed by atoms with Crippen LogP contribution in [0.25, 0.3) is 16.6 Å². The van der Waals surface area contributed by atoms with Crippen molar-refractivity contribution in [1.29, 1.82) is 0 Å². The van der Waals surface area contributed by atoms with Gasteiger partial charge in [-0.1, -0.05) is 0 Å². The molecule has 0 bridgehead atoms. The Labute approximate surface area is 187 Å². The normalized spacial score (nSPS) is 11.5. The highest BCUT2D eigenvalue weighted by Crippen LogP contribution is 2.38. The first-order valence-electron chi connectivity index (χ1n) is 9.94. The number of nitrogens with zero attached hydrogens (tertiary/aromatic N) is 3. The van der Waals surface area contributed by atoms with Crippen LogP contribution in [0.5, 0.6) is 0 Å². The zero-order chi connectivity index (χ0) is 23.8. The van der Waals surface area contributed by atoms with E-state index in [9.17, 15) is 18.0 Å². The lowest BCUT2D eigenvalue weighted by molar-refractivity contribution is -0.137. The van der Waals surface area contributed by atoms with Crippen LogP contribution in [0.1, 0.15) is 21.5 Å². The highest BCUT2D eigenvalue weighted by Gasteiger charge is 2.30. The maximum Gasteiger partial charge on any atom is 0.416 e. The largest absolute Gasteiger partial charge is 0.416 e. The molecule has 0 atom stereocenters. The number of halogens is 3. The molecule has 0 fully saturated rings. The number of nitrogen functional groups attached to an aromatic ring is 1. The van der Waals surface area contributed by atoms with Gasteiger partial charge in [0, 0.05) is 42.6 Å².